The highest BCUT2D eigenvalue weighted by molar-refractivity contribution is 6.04. The molecule has 0 saturated carbocycles. The van der Waals surface area contributed by atoms with Crippen molar-refractivity contribution in [1.29, 1.82) is 0 Å². The van der Waals surface area contributed by atoms with Crippen LogP contribution in [0.15, 0.2) is 30.5 Å². The molecular formula is C18H23N3O3. The number of carbonyl (C=O) groups is 2. The highest BCUT2D eigenvalue weighted by atomic mass is 16.4. The zero-order valence-corrected chi connectivity index (χ0v) is 14.1. The molecule has 2 N–H and O–H groups in total. The summed E-state index contributed by atoms with van der Waals surface area (Å²) in [6, 6.07) is 7.26. The van der Waals surface area contributed by atoms with E-state index < -0.39 is 5.97 Å². The topological polar surface area (TPSA) is 84.2 Å². The monoisotopic (exact) mass is 329 g/mol. The van der Waals surface area contributed by atoms with Gasteiger partial charge in [-0.3, -0.25) is 14.3 Å². The third-order valence-corrected chi connectivity index (χ3v) is 3.88. The molecule has 1 heterocycles. The Kier molecular flexibility index (Phi) is 6.12. The number of carboxylic acids is 1. The van der Waals surface area contributed by atoms with Crippen LogP contribution in [0.25, 0.3) is 0 Å². The van der Waals surface area contributed by atoms with Crippen molar-refractivity contribution in [3.8, 4) is 0 Å². The SMILES string of the molecule is CCCCn1ncc(C(=O)Nc2cccc(CCC(=O)O)c2)c1C. The average Bonchev–Trinajstić information content (AvgIpc) is 2.92. The number of hydrogen-bond acceptors (Lipinski definition) is 3. The summed E-state index contributed by atoms with van der Waals surface area (Å²) >= 11 is 0. The van der Waals surface area contributed by atoms with E-state index in [1.165, 1.54) is 0 Å². The van der Waals surface area contributed by atoms with Gasteiger partial charge in [0.25, 0.3) is 5.91 Å². The van der Waals surface area contributed by atoms with Crippen LogP contribution in [0.5, 0.6) is 0 Å². The van der Waals surface area contributed by atoms with E-state index in [4.69, 9.17) is 5.11 Å². The molecular weight excluding hydrogens is 306 g/mol. The predicted octanol–water partition coefficient (Wildman–Crippen LogP) is 3.26. The molecule has 6 nitrogen and oxygen atoms in total. The summed E-state index contributed by atoms with van der Waals surface area (Å²) in [5, 5.41) is 15.9. The molecule has 1 amide bonds. The van der Waals surface area contributed by atoms with Crippen LogP contribution in [0.2, 0.25) is 0 Å². The van der Waals surface area contributed by atoms with Crippen molar-refractivity contribution in [2.75, 3.05) is 5.32 Å². The van der Waals surface area contributed by atoms with Gasteiger partial charge in [0.15, 0.2) is 0 Å². The summed E-state index contributed by atoms with van der Waals surface area (Å²) in [7, 11) is 0. The van der Waals surface area contributed by atoms with Crippen molar-refractivity contribution in [2.45, 2.75) is 46.1 Å². The first-order valence-electron chi connectivity index (χ1n) is 8.15. The van der Waals surface area contributed by atoms with Gasteiger partial charge in [-0.15, -0.1) is 0 Å². The van der Waals surface area contributed by atoms with Gasteiger partial charge in [-0.2, -0.15) is 5.10 Å². The number of anilines is 1. The molecule has 0 unspecified atom stereocenters. The summed E-state index contributed by atoms with van der Waals surface area (Å²) in [6.07, 6.45) is 4.20. The lowest BCUT2D eigenvalue weighted by atomic mass is 10.1. The summed E-state index contributed by atoms with van der Waals surface area (Å²) < 4.78 is 1.85. The third-order valence-electron chi connectivity index (χ3n) is 3.88. The fraction of sp³-hybridized carbons (Fsp3) is 0.389. The zero-order chi connectivity index (χ0) is 17.5. The van der Waals surface area contributed by atoms with Gasteiger partial charge < -0.3 is 10.4 Å². The van der Waals surface area contributed by atoms with E-state index >= 15 is 0 Å². The fourth-order valence-corrected chi connectivity index (χ4v) is 2.46. The summed E-state index contributed by atoms with van der Waals surface area (Å²) in [5.41, 5.74) is 2.94. The first kappa shape index (κ1) is 17.7. The highest BCUT2D eigenvalue weighted by Gasteiger charge is 2.14. The maximum absolute atomic E-state index is 12.4. The number of carboxylic acid groups (broad SMARTS) is 1. The lowest BCUT2D eigenvalue weighted by Crippen LogP contribution is -2.13. The number of carbonyl (C=O) groups excluding carboxylic acids is 1. The molecule has 0 spiro atoms. The Bertz CT molecular complexity index is 722. The smallest absolute Gasteiger partial charge is 0.303 e. The van der Waals surface area contributed by atoms with Gasteiger partial charge in [0.1, 0.15) is 0 Å². The second kappa shape index (κ2) is 8.29. The number of amides is 1. The van der Waals surface area contributed by atoms with Gasteiger partial charge in [-0.25, -0.2) is 0 Å². The fourth-order valence-electron chi connectivity index (χ4n) is 2.46. The molecule has 0 radical (unpaired) electrons. The minimum absolute atomic E-state index is 0.0701. The number of benzene rings is 1. The second-order valence-corrected chi connectivity index (χ2v) is 5.77. The zero-order valence-electron chi connectivity index (χ0n) is 14.1. The Labute approximate surface area is 141 Å². The molecule has 2 rings (SSSR count). The number of nitrogens with one attached hydrogen (secondary N) is 1. The Balaban J connectivity index is 2.05. The number of unbranched alkanes of at least 4 members (excludes halogenated alkanes) is 1. The standard InChI is InChI=1S/C18H23N3O3/c1-3-4-10-21-13(2)16(12-19-21)18(24)20-15-7-5-6-14(11-15)8-9-17(22)23/h5-7,11-12H,3-4,8-10H2,1-2H3,(H,20,24)(H,22,23). The van der Waals surface area contributed by atoms with E-state index in [1.54, 1.807) is 18.3 Å². The van der Waals surface area contributed by atoms with E-state index in [0.717, 1.165) is 30.6 Å². The van der Waals surface area contributed by atoms with E-state index in [-0.39, 0.29) is 12.3 Å². The van der Waals surface area contributed by atoms with Gasteiger partial charge in [-0.05, 0) is 37.5 Å². The number of aromatic nitrogens is 2. The third kappa shape index (κ3) is 4.68. The van der Waals surface area contributed by atoms with Crippen molar-refractivity contribution in [3.63, 3.8) is 0 Å². The lowest BCUT2D eigenvalue weighted by molar-refractivity contribution is -0.136. The maximum Gasteiger partial charge on any atom is 0.303 e. The molecule has 0 aliphatic rings. The van der Waals surface area contributed by atoms with Gasteiger partial charge in [0.2, 0.25) is 0 Å². The van der Waals surface area contributed by atoms with Crippen molar-refractivity contribution in [1.82, 2.24) is 9.78 Å². The first-order chi connectivity index (χ1) is 11.5. The minimum Gasteiger partial charge on any atom is -0.481 e. The van der Waals surface area contributed by atoms with E-state index in [0.29, 0.717) is 17.7 Å². The van der Waals surface area contributed by atoms with E-state index in [9.17, 15) is 9.59 Å². The number of aliphatic carboxylic acids is 1. The normalized spacial score (nSPS) is 10.6. The van der Waals surface area contributed by atoms with Crippen molar-refractivity contribution < 1.29 is 14.7 Å². The van der Waals surface area contributed by atoms with Crippen LogP contribution in [0.4, 0.5) is 5.69 Å². The Hall–Kier alpha value is -2.63. The number of nitrogens with zero attached hydrogens (tertiary/aromatic N) is 2. The molecule has 128 valence electrons. The van der Waals surface area contributed by atoms with Gasteiger partial charge in [0.05, 0.1) is 11.8 Å². The molecule has 1 aromatic heterocycles. The summed E-state index contributed by atoms with van der Waals surface area (Å²) in [6.45, 7) is 4.81. The van der Waals surface area contributed by atoms with Crippen LogP contribution in [0.3, 0.4) is 0 Å². The molecule has 24 heavy (non-hydrogen) atoms. The van der Waals surface area contributed by atoms with Crippen LogP contribution in [0, 0.1) is 6.92 Å². The first-order valence-corrected chi connectivity index (χ1v) is 8.15. The van der Waals surface area contributed by atoms with Crippen molar-refractivity contribution >= 4 is 17.6 Å². The predicted molar refractivity (Wildman–Crippen MR) is 92.2 cm³/mol. The lowest BCUT2D eigenvalue weighted by Gasteiger charge is -2.08. The largest absolute Gasteiger partial charge is 0.481 e. The molecule has 0 bridgehead atoms. The van der Waals surface area contributed by atoms with E-state index in [1.807, 2.05) is 23.7 Å². The summed E-state index contributed by atoms with van der Waals surface area (Å²) in [5.74, 6) is -1.04. The van der Waals surface area contributed by atoms with E-state index in [2.05, 4.69) is 17.3 Å². The molecule has 0 saturated heterocycles. The number of aryl methyl sites for hydroxylation is 2. The van der Waals surface area contributed by atoms with Crippen molar-refractivity contribution in [3.05, 3.63) is 47.3 Å². The van der Waals surface area contributed by atoms with Crippen LogP contribution in [-0.2, 0) is 17.8 Å². The Morgan fingerprint density at radius 3 is 2.83 bits per heavy atom. The van der Waals surface area contributed by atoms with Crippen LogP contribution < -0.4 is 5.32 Å². The maximum atomic E-state index is 12.4. The molecule has 0 fully saturated rings. The summed E-state index contributed by atoms with van der Waals surface area (Å²) in [4.78, 5) is 23.1. The minimum atomic E-state index is -0.834. The number of rotatable bonds is 8. The Morgan fingerprint density at radius 1 is 1.33 bits per heavy atom. The van der Waals surface area contributed by atoms with Crippen LogP contribution in [0.1, 0.15) is 47.8 Å². The molecule has 0 aliphatic heterocycles. The van der Waals surface area contributed by atoms with Gasteiger partial charge in [-0.1, -0.05) is 25.5 Å². The van der Waals surface area contributed by atoms with Gasteiger partial charge >= 0.3 is 5.97 Å². The second-order valence-electron chi connectivity index (χ2n) is 5.77. The van der Waals surface area contributed by atoms with Crippen molar-refractivity contribution in [2.24, 2.45) is 0 Å². The average molecular weight is 329 g/mol. The molecule has 0 atom stereocenters. The molecule has 2 aromatic rings. The molecule has 6 heteroatoms. The van der Waals surface area contributed by atoms with Crippen LogP contribution >= 0.6 is 0 Å². The number of hydrogen-bond donors (Lipinski definition) is 2. The molecule has 0 aliphatic carbocycles. The quantitative estimate of drug-likeness (QED) is 0.778. The van der Waals surface area contributed by atoms with Crippen LogP contribution in [-0.4, -0.2) is 26.8 Å². The Morgan fingerprint density at radius 2 is 2.12 bits per heavy atom. The molecule has 1 aromatic carbocycles. The van der Waals surface area contributed by atoms with Gasteiger partial charge in [0, 0.05) is 24.3 Å². The highest BCUT2D eigenvalue weighted by Crippen LogP contribution is 2.15.